The molecule has 1 fully saturated rings. The van der Waals surface area contributed by atoms with Gasteiger partial charge in [0.05, 0.1) is 5.41 Å². The molecule has 1 N–H and O–H groups in total. The number of fused-ring (bicyclic) bond motifs is 1. The van der Waals surface area contributed by atoms with E-state index in [1.165, 1.54) is 6.07 Å². The van der Waals surface area contributed by atoms with Crippen molar-refractivity contribution in [2.75, 3.05) is 0 Å². The van der Waals surface area contributed by atoms with E-state index in [2.05, 4.69) is 10.9 Å². The van der Waals surface area contributed by atoms with Gasteiger partial charge < -0.3 is 4.98 Å². The van der Waals surface area contributed by atoms with E-state index in [0.29, 0.717) is 0 Å². The minimum atomic E-state index is -0.212. The lowest BCUT2D eigenvalue weighted by Crippen LogP contribution is -2.00. The molecule has 74 valence electrons. The Hall–Kier alpha value is -1.75. The molecule has 0 aliphatic heterocycles. The minimum absolute atomic E-state index is 0.133. The van der Waals surface area contributed by atoms with Crippen molar-refractivity contribution in [3.05, 3.63) is 35.8 Å². The van der Waals surface area contributed by atoms with E-state index in [1.54, 1.807) is 12.1 Å². The summed E-state index contributed by atoms with van der Waals surface area (Å²) >= 11 is 0. The summed E-state index contributed by atoms with van der Waals surface area (Å²) in [5.41, 5.74) is 1.89. The van der Waals surface area contributed by atoms with Crippen LogP contribution in [0.15, 0.2) is 24.4 Å². The molecule has 0 unspecified atom stereocenters. The van der Waals surface area contributed by atoms with Gasteiger partial charge in [-0.25, -0.2) is 4.39 Å². The first-order valence-electron chi connectivity index (χ1n) is 5.00. The smallest absolute Gasteiger partial charge is 0.123 e. The second-order valence-electron chi connectivity index (χ2n) is 4.12. The highest BCUT2D eigenvalue weighted by atomic mass is 19.1. The van der Waals surface area contributed by atoms with Crippen molar-refractivity contribution in [3.8, 4) is 12.3 Å². The van der Waals surface area contributed by atoms with Crippen molar-refractivity contribution in [2.24, 2.45) is 0 Å². The van der Waals surface area contributed by atoms with Crippen LogP contribution in [0, 0.1) is 18.2 Å². The Kier molecular flexibility index (Phi) is 1.50. The maximum absolute atomic E-state index is 13.1. The number of terminal acetylenes is 1. The van der Waals surface area contributed by atoms with Gasteiger partial charge in [-0.3, -0.25) is 0 Å². The lowest BCUT2D eigenvalue weighted by molar-refractivity contribution is 0.629. The van der Waals surface area contributed by atoms with Gasteiger partial charge in [0, 0.05) is 17.1 Å². The van der Waals surface area contributed by atoms with Crippen LogP contribution < -0.4 is 0 Å². The predicted molar refractivity (Wildman–Crippen MR) is 58.0 cm³/mol. The lowest BCUT2D eigenvalue weighted by atomic mass is 9.96. The van der Waals surface area contributed by atoms with Gasteiger partial charge in [0.1, 0.15) is 5.82 Å². The Bertz CT molecular complexity index is 570. The van der Waals surface area contributed by atoms with Crippen LogP contribution in [-0.2, 0) is 5.41 Å². The quantitative estimate of drug-likeness (QED) is 0.679. The summed E-state index contributed by atoms with van der Waals surface area (Å²) < 4.78 is 13.1. The molecule has 1 aliphatic rings. The third-order valence-corrected chi connectivity index (χ3v) is 3.19. The molecule has 0 amide bonds. The first kappa shape index (κ1) is 8.55. The zero-order valence-corrected chi connectivity index (χ0v) is 8.18. The van der Waals surface area contributed by atoms with E-state index < -0.39 is 0 Å². The van der Waals surface area contributed by atoms with Gasteiger partial charge in [0.2, 0.25) is 0 Å². The van der Waals surface area contributed by atoms with Crippen molar-refractivity contribution >= 4 is 10.9 Å². The van der Waals surface area contributed by atoms with Gasteiger partial charge in [0.25, 0.3) is 0 Å². The van der Waals surface area contributed by atoms with Gasteiger partial charge in [-0.05, 0) is 36.6 Å². The van der Waals surface area contributed by atoms with Crippen LogP contribution in [0.5, 0.6) is 0 Å². The number of benzene rings is 1. The Morgan fingerprint density at radius 1 is 1.40 bits per heavy atom. The summed E-state index contributed by atoms with van der Waals surface area (Å²) in [6.45, 7) is 0. The second-order valence-corrected chi connectivity index (χ2v) is 4.12. The Morgan fingerprint density at radius 2 is 2.20 bits per heavy atom. The topological polar surface area (TPSA) is 15.8 Å². The highest BCUT2D eigenvalue weighted by Crippen LogP contribution is 2.49. The molecule has 0 spiro atoms. The van der Waals surface area contributed by atoms with Crippen LogP contribution >= 0.6 is 0 Å². The minimum Gasteiger partial charge on any atom is -0.361 e. The first-order valence-corrected chi connectivity index (χ1v) is 5.00. The average Bonchev–Trinajstić information content (AvgIpc) is 2.93. The molecule has 15 heavy (non-hydrogen) atoms. The fourth-order valence-electron chi connectivity index (χ4n) is 2.11. The third kappa shape index (κ3) is 1.10. The lowest BCUT2D eigenvalue weighted by Gasteiger charge is -2.05. The van der Waals surface area contributed by atoms with Crippen LogP contribution in [-0.4, -0.2) is 4.98 Å². The van der Waals surface area contributed by atoms with Gasteiger partial charge in [-0.15, -0.1) is 6.42 Å². The fourth-order valence-corrected chi connectivity index (χ4v) is 2.11. The Labute approximate surface area is 87.3 Å². The Morgan fingerprint density at radius 3 is 2.87 bits per heavy atom. The summed E-state index contributed by atoms with van der Waals surface area (Å²) in [6, 6.07) is 4.76. The molecule has 0 atom stereocenters. The molecule has 2 heteroatoms. The van der Waals surface area contributed by atoms with Crippen molar-refractivity contribution in [1.82, 2.24) is 4.98 Å². The zero-order chi connectivity index (χ0) is 10.5. The van der Waals surface area contributed by atoms with E-state index in [9.17, 15) is 4.39 Å². The SMILES string of the molecule is C#CC1(c2c[nH]c3ccc(F)cc23)CC1. The highest BCUT2D eigenvalue weighted by molar-refractivity contribution is 5.85. The number of aromatic amines is 1. The molecule has 1 aromatic carbocycles. The number of H-pyrrole nitrogens is 1. The van der Waals surface area contributed by atoms with Crippen LogP contribution in [0.4, 0.5) is 4.39 Å². The molecular formula is C13H10FN. The van der Waals surface area contributed by atoms with Crippen LogP contribution in [0.2, 0.25) is 0 Å². The third-order valence-electron chi connectivity index (χ3n) is 3.19. The van der Waals surface area contributed by atoms with Crippen LogP contribution in [0.25, 0.3) is 10.9 Å². The summed E-state index contributed by atoms with van der Waals surface area (Å²) in [7, 11) is 0. The maximum atomic E-state index is 13.1. The fraction of sp³-hybridized carbons (Fsp3) is 0.231. The first-order chi connectivity index (χ1) is 7.25. The number of hydrogen-bond acceptors (Lipinski definition) is 0. The molecule has 1 saturated carbocycles. The number of nitrogens with one attached hydrogen (secondary N) is 1. The highest BCUT2D eigenvalue weighted by Gasteiger charge is 2.44. The van der Waals surface area contributed by atoms with Gasteiger partial charge >= 0.3 is 0 Å². The molecule has 0 saturated heterocycles. The normalized spacial score (nSPS) is 17.6. The Balaban J connectivity index is 2.29. The van der Waals surface area contributed by atoms with Gasteiger partial charge in [-0.2, -0.15) is 0 Å². The maximum Gasteiger partial charge on any atom is 0.123 e. The summed E-state index contributed by atoms with van der Waals surface area (Å²) in [6.07, 6.45) is 9.46. The van der Waals surface area contributed by atoms with Crippen molar-refractivity contribution in [1.29, 1.82) is 0 Å². The summed E-state index contributed by atoms with van der Waals surface area (Å²) in [5.74, 6) is 2.61. The largest absolute Gasteiger partial charge is 0.361 e. The number of hydrogen-bond donors (Lipinski definition) is 1. The summed E-state index contributed by atoms with van der Waals surface area (Å²) in [5, 5.41) is 0.922. The molecular weight excluding hydrogens is 189 g/mol. The molecule has 1 heterocycles. The second kappa shape index (κ2) is 2.64. The van der Waals surface area contributed by atoms with Gasteiger partial charge in [0.15, 0.2) is 0 Å². The summed E-state index contributed by atoms with van der Waals surface area (Å²) in [4.78, 5) is 3.13. The molecule has 1 aromatic heterocycles. The molecule has 3 rings (SSSR count). The van der Waals surface area contributed by atoms with Crippen molar-refractivity contribution in [3.63, 3.8) is 0 Å². The van der Waals surface area contributed by atoms with Gasteiger partial charge in [-0.1, -0.05) is 5.92 Å². The number of aromatic nitrogens is 1. The number of halogens is 1. The standard InChI is InChI=1S/C13H10FN/c1-2-13(5-6-13)11-8-15-12-4-3-9(14)7-10(11)12/h1,3-4,7-8,15H,5-6H2. The van der Waals surface area contributed by atoms with Crippen molar-refractivity contribution in [2.45, 2.75) is 18.3 Å². The van der Waals surface area contributed by atoms with E-state index in [4.69, 9.17) is 6.42 Å². The predicted octanol–water partition coefficient (Wildman–Crippen LogP) is 2.97. The average molecular weight is 199 g/mol. The van der Waals surface area contributed by atoms with E-state index >= 15 is 0 Å². The zero-order valence-electron chi connectivity index (χ0n) is 8.18. The van der Waals surface area contributed by atoms with E-state index in [-0.39, 0.29) is 11.2 Å². The van der Waals surface area contributed by atoms with Crippen LogP contribution in [0.1, 0.15) is 18.4 Å². The molecule has 1 nitrogen and oxygen atoms in total. The molecule has 0 bridgehead atoms. The number of rotatable bonds is 1. The molecule has 0 radical (unpaired) electrons. The van der Waals surface area contributed by atoms with Crippen LogP contribution in [0.3, 0.4) is 0 Å². The van der Waals surface area contributed by atoms with E-state index in [0.717, 1.165) is 29.3 Å². The molecule has 1 aliphatic carbocycles. The van der Waals surface area contributed by atoms with Crippen molar-refractivity contribution < 1.29 is 4.39 Å². The molecule has 2 aromatic rings. The monoisotopic (exact) mass is 199 g/mol. The van der Waals surface area contributed by atoms with E-state index in [1.807, 2.05) is 6.20 Å².